The number of aromatic nitrogens is 2. The van der Waals surface area contributed by atoms with Crippen LogP contribution >= 0.6 is 12.2 Å². The van der Waals surface area contributed by atoms with E-state index in [0.717, 1.165) is 0 Å². The minimum atomic E-state index is -3.04. The van der Waals surface area contributed by atoms with Crippen molar-refractivity contribution in [1.29, 1.82) is 0 Å². The maximum atomic E-state index is 12.9. The Morgan fingerprint density at radius 1 is 1.32 bits per heavy atom. The first kappa shape index (κ1) is 19.3. The number of nitrogens with zero attached hydrogens (tertiary/aromatic N) is 3. The van der Waals surface area contributed by atoms with E-state index in [1.807, 2.05) is 6.29 Å². The summed E-state index contributed by atoms with van der Waals surface area (Å²) in [6.45, 7) is -0.353. The molecule has 1 aliphatic rings. The standard InChI is InChI=1S/C14H15F4N4O2S/c15-11(16)8-5-9(12(17)18)22(20-8)6-10(24)21-3-1-14(7-23,2-4-21)13(19)25/h5,11-12H,1-4,6H2,(H2,19,25). The lowest BCUT2D eigenvalue weighted by atomic mass is 9.80. The van der Waals surface area contributed by atoms with E-state index < -0.39 is 42.1 Å². The third kappa shape index (κ3) is 3.97. The minimum Gasteiger partial charge on any atom is -0.392 e. The molecule has 1 saturated heterocycles. The average Bonchev–Trinajstić information content (AvgIpc) is 2.99. The van der Waals surface area contributed by atoms with E-state index in [1.54, 1.807) is 0 Å². The summed E-state index contributed by atoms with van der Waals surface area (Å²) in [6.07, 6.45) is -3.91. The molecule has 2 heterocycles. The van der Waals surface area contributed by atoms with Crippen LogP contribution < -0.4 is 5.73 Å². The summed E-state index contributed by atoms with van der Waals surface area (Å²) in [7, 11) is 0. The number of carbonyl (C=O) groups excluding carboxylic acids is 2. The van der Waals surface area contributed by atoms with Crippen LogP contribution in [0.2, 0.25) is 0 Å². The largest absolute Gasteiger partial charge is 0.392 e. The highest BCUT2D eigenvalue weighted by Gasteiger charge is 2.39. The smallest absolute Gasteiger partial charge is 0.282 e. The number of nitrogens with two attached hydrogens (primary N) is 1. The summed E-state index contributed by atoms with van der Waals surface area (Å²) in [4.78, 5) is 24.7. The molecule has 6 nitrogen and oxygen atoms in total. The van der Waals surface area contributed by atoms with Crippen molar-refractivity contribution in [1.82, 2.24) is 14.7 Å². The molecule has 0 spiro atoms. The number of alkyl halides is 4. The Morgan fingerprint density at radius 2 is 1.92 bits per heavy atom. The number of hydrogen-bond donors (Lipinski definition) is 1. The molecule has 1 radical (unpaired) electrons. The van der Waals surface area contributed by atoms with Crippen LogP contribution in [0.15, 0.2) is 6.07 Å². The zero-order valence-electron chi connectivity index (χ0n) is 12.9. The summed E-state index contributed by atoms with van der Waals surface area (Å²) >= 11 is 4.85. The van der Waals surface area contributed by atoms with Gasteiger partial charge in [0.2, 0.25) is 12.2 Å². The van der Waals surface area contributed by atoms with Crippen LogP contribution in [0.3, 0.4) is 0 Å². The zero-order valence-corrected chi connectivity index (χ0v) is 13.7. The Hall–Kier alpha value is -2.04. The van der Waals surface area contributed by atoms with Crippen molar-refractivity contribution in [3.63, 3.8) is 0 Å². The second-order valence-electron chi connectivity index (χ2n) is 5.68. The van der Waals surface area contributed by atoms with Gasteiger partial charge in [-0.3, -0.25) is 14.3 Å². The van der Waals surface area contributed by atoms with Crippen LogP contribution in [0.4, 0.5) is 17.6 Å². The van der Waals surface area contributed by atoms with E-state index in [2.05, 4.69) is 5.10 Å². The highest BCUT2D eigenvalue weighted by Crippen LogP contribution is 2.30. The van der Waals surface area contributed by atoms with Crippen LogP contribution in [0.5, 0.6) is 0 Å². The van der Waals surface area contributed by atoms with E-state index in [4.69, 9.17) is 18.0 Å². The number of thiocarbonyl (C=S) groups is 1. The highest BCUT2D eigenvalue weighted by atomic mass is 32.1. The zero-order chi connectivity index (χ0) is 18.8. The molecule has 1 aliphatic heterocycles. The van der Waals surface area contributed by atoms with Crippen molar-refractivity contribution < 1.29 is 27.2 Å². The van der Waals surface area contributed by atoms with Crippen LogP contribution in [-0.2, 0) is 16.1 Å². The molecule has 1 aromatic heterocycles. The van der Waals surface area contributed by atoms with E-state index >= 15 is 0 Å². The van der Waals surface area contributed by atoms with Crippen molar-refractivity contribution in [2.24, 2.45) is 11.1 Å². The monoisotopic (exact) mass is 379 g/mol. The maximum absolute atomic E-state index is 12.9. The van der Waals surface area contributed by atoms with Crippen LogP contribution in [0.25, 0.3) is 0 Å². The van der Waals surface area contributed by atoms with Crippen LogP contribution in [-0.4, -0.2) is 45.0 Å². The molecule has 1 fully saturated rings. The molecule has 2 rings (SSSR count). The van der Waals surface area contributed by atoms with E-state index in [9.17, 15) is 27.2 Å². The van der Waals surface area contributed by atoms with Gasteiger partial charge in [-0.05, 0) is 18.9 Å². The minimum absolute atomic E-state index is 0.0109. The molecule has 0 saturated carbocycles. The third-order valence-corrected chi connectivity index (χ3v) is 4.59. The van der Waals surface area contributed by atoms with Gasteiger partial charge in [0, 0.05) is 13.1 Å². The molecule has 0 atom stereocenters. The molecule has 0 unspecified atom stereocenters. The Morgan fingerprint density at radius 3 is 2.36 bits per heavy atom. The first-order chi connectivity index (χ1) is 11.7. The maximum Gasteiger partial charge on any atom is 0.282 e. The molecular formula is C14H15F4N4O2S. The first-order valence-electron chi connectivity index (χ1n) is 7.31. The van der Waals surface area contributed by atoms with Gasteiger partial charge in [-0.1, -0.05) is 12.2 Å². The Kier molecular flexibility index (Phi) is 5.76. The summed E-state index contributed by atoms with van der Waals surface area (Å²) in [5, 5.41) is 3.37. The Bertz CT molecular complexity index is 672. The van der Waals surface area contributed by atoms with Crippen molar-refractivity contribution in [2.75, 3.05) is 13.1 Å². The molecule has 0 bridgehead atoms. The van der Waals surface area contributed by atoms with Crippen molar-refractivity contribution in [3.8, 4) is 0 Å². The second kappa shape index (κ2) is 7.46. The van der Waals surface area contributed by atoms with Gasteiger partial charge in [0.1, 0.15) is 17.9 Å². The quantitative estimate of drug-likeness (QED) is 0.602. The molecule has 0 aliphatic carbocycles. The molecule has 0 aromatic carbocycles. The van der Waals surface area contributed by atoms with Crippen molar-refractivity contribution in [3.05, 3.63) is 17.5 Å². The number of halogens is 4. The number of likely N-dealkylation sites (tertiary alicyclic amines) is 1. The number of piperidine rings is 1. The summed E-state index contributed by atoms with van der Waals surface area (Å²) in [5.41, 5.74) is 2.87. The van der Waals surface area contributed by atoms with Crippen LogP contribution in [0, 0.1) is 5.41 Å². The molecule has 1 amide bonds. The predicted molar refractivity (Wildman–Crippen MR) is 82.9 cm³/mol. The van der Waals surface area contributed by atoms with Gasteiger partial charge in [-0.2, -0.15) is 5.10 Å². The molecular weight excluding hydrogens is 364 g/mol. The van der Waals surface area contributed by atoms with Crippen molar-refractivity contribution in [2.45, 2.75) is 32.2 Å². The highest BCUT2D eigenvalue weighted by molar-refractivity contribution is 7.80. The number of rotatable bonds is 6. The van der Waals surface area contributed by atoms with Gasteiger partial charge in [0.25, 0.3) is 12.9 Å². The molecule has 25 heavy (non-hydrogen) atoms. The first-order valence-corrected chi connectivity index (χ1v) is 7.72. The average molecular weight is 379 g/mol. The summed E-state index contributed by atoms with van der Waals surface area (Å²) in [6, 6.07) is 0.581. The Balaban J connectivity index is 2.09. The van der Waals surface area contributed by atoms with Crippen LogP contribution in [0.1, 0.15) is 37.1 Å². The summed E-state index contributed by atoms with van der Waals surface area (Å²) < 4.78 is 51.7. The molecule has 11 heteroatoms. The SMILES string of the molecule is NC(=S)C1([C]=O)CCN(C(=O)Cn2nc(C(F)F)cc2C(F)F)CC1. The van der Waals surface area contributed by atoms with Gasteiger partial charge < -0.3 is 10.6 Å². The lowest BCUT2D eigenvalue weighted by molar-refractivity contribution is -0.133. The fraction of sp³-hybridized carbons (Fsp3) is 0.571. The summed E-state index contributed by atoms with van der Waals surface area (Å²) in [5.74, 6) is -0.576. The fourth-order valence-electron chi connectivity index (χ4n) is 2.63. The topological polar surface area (TPSA) is 81.2 Å². The van der Waals surface area contributed by atoms with Crippen molar-refractivity contribution >= 4 is 29.4 Å². The molecule has 137 valence electrons. The van der Waals surface area contributed by atoms with Gasteiger partial charge in [0.05, 0.1) is 10.4 Å². The normalized spacial score (nSPS) is 17.1. The van der Waals surface area contributed by atoms with E-state index in [0.29, 0.717) is 10.7 Å². The number of carbonyl (C=O) groups is 1. The fourth-order valence-corrected chi connectivity index (χ4v) is 2.87. The molecule has 1 aromatic rings. The van der Waals surface area contributed by atoms with Gasteiger partial charge in [0.15, 0.2) is 0 Å². The number of hydrogen-bond acceptors (Lipinski definition) is 4. The lowest BCUT2D eigenvalue weighted by Gasteiger charge is -2.37. The van der Waals surface area contributed by atoms with E-state index in [-0.39, 0.29) is 30.9 Å². The van der Waals surface area contributed by atoms with Gasteiger partial charge >= 0.3 is 0 Å². The van der Waals surface area contributed by atoms with Gasteiger partial charge in [-0.15, -0.1) is 0 Å². The third-order valence-electron chi connectivity index (χ3n) is 4.20. The predicted octanol–water partition coefficient (Wildman–Crippen LogP) is 1.76. The lowest BCUT2D eigenvalue weighted by Crippen LogP contribution is -2.49. The number of amides is 1. The van der Waals surface area contributed by atoms with E-state index in [1.165, 1.54) is 4.90 Å². The Labute approximate surface area is 145 Å². The second-order valence-corrected chi connectivity index (χ2v) is 6.12. The molecule has 2 N–H and O–H groups in total. The van der Waals surface area contributed by atoms with Gasteiger partial charge in [-0.25, -0.2) is 17.6 Å².